The van der Waals surface area contributed by atoms with Gasteiger partial charge in [-0.05, 0) is 49.7 Å². The summed E-state index contributed by atoms with van der Waals surface area (Å²) in [4.78, 5) is 25.5. The van der Waals surface area contributed by atoms with Crippen LogP contribution in [0.5, 0.6) is 5.75 Å². The Morgan fingerprint density at radius 1 is 1.05 bits per heavy atom. The Bertz CT molecular complexity index is 708. The molecule has 2 N–H and O–H groups in total. The van der Waals surface area contributed by atoms with Crippen molar-refractivity contribution in [3.63, 3.8) is 0 Å². The van der Waals surface area contributed by atoms with Gasteiger partial charge in [-0.15, -0.1) is 0 Å². The first-order chi connectivity index (χ1) is 10.4. The molecule has 22 heavy (non-hydrogen) atoms. The van der Waals surface area contributed by atoms with Gasteiger partial charge in [0.1, 0.15) is 5.75 Å². The SMILES string of the molecule is Cc1ccc(NC(=O)C(=O)N(C)c2ccc(O)cc2)c(C)c1. The van der Waals surface area contributed by atoms with Crippen molar-refractivity contribution in [1.29, 1.82) is 0 Å². The molecule has 114 valence electrons. The average Bonchev–Trinajstić information content (AvgIpc) is 2.49. The third-order valence-electron chi connectivity index (χ3n) is 3.37. The molecule has 0 aromatic heterocycles. The fraction of sp³-hybridized carbons (Fsp3) is 0.176. The van der Waals surface area contributed by atoms with Crippen molar-refractivity contribution in [2.24, 2.45) is 0 Å². The van der Waals surface area contributed by atoms with Crippen molar-refractivity contribution in [3.8, 4) is 5.75 Å². The van der Waals surface area contributed by atoms with E-state index in [1.807, 2.05) is 26.0 Å². The number of hydrogen-bond acceptors (Lipinski definition) is 3. The third kappa shape index (κ3) is 3.44. The molecule has 0 aliphatic rings. The lowest BCUT2D eigenvalue weighted by Crippen LogP contribution is -2.37. The van der Waals surface area contributed by atoms with Gasteiger partial charge in [0.2, 0.25) is 0 Å². The summed E-state index contributed by atoms with van der Waals surface area (Å²) in [6.07, 6.45) is 0. The van der Waals surface area contributed by atoms with Crippen LogP contribution in [0, 0.1) is 13.8 Å². The normalized spacial score (nSPS) is 10.1. The number of aryl methyl sites for hydroxylation is 2. The summed E-state index contributed by atoms with van der Waals surface area (Å²) in [6, 6.07) is 11.6. The van der Waals surface area contributed by atoms with E-state index in [9.17, 15) is 14.7 Å². The molecule has 0 radical (unpaired) electrons. The summed E-state index contributed by atoms with van der Waals surface area (Å²) in [5.41, 5.74) is 3.12. The van der Waals surface area contributed by atoms with Gasteiger partial charge in [-0.25, -0.2) is 0 Å². The number of benzene rings is 2. The second-order valence-corrected chi connectivity index (χ2v) is 5.15. The van der Waals surface area contributed by atoms with E-state index in [0.29, 0.717) is 11.4 Å². The van der Waals surface area contributed by atoms with Gasteiger partial charge in [-0.1, -0.05) is 17.7 Å². The van der Waals surface area contributed by atoms with Gasteiger partial charge in [0, 0.05) is 18.4 Å². The minimum absolute atomic E-state index is 0.101. The van der Waals surface area contributed by atoms with Crippen molar-refractivity contribution < 1.29 is 14.7 Å². The Hall–Kier alpha value is -2.82. The van der Waals surface area contributed by atoms with Crippen molar-refractivity contribution in [2.75, 3.05) is 17.3 Å². The number of hydrogen-bond donors (Lipinski definition) is 2. The summed E-state index contributed by atoms with van der Waals surface area (Å²) in [5.74, 6) is -1.28. The van der Waals surface area contributed by atoms with Gasteiger partial charge in [-0.3, -0.25) is 9.59 Å². The summed E-state index contributed by atoms with van der Waals surface area (Å²) >= 11 is 0. The number of anilines is 2. The number of likely N-dealkylation sites (N-methyl/N-ethyl adjacent to an activating group) is 1. The monoisotopic (exact) mass is 298 g/mol. The maximum Gasteiger partial charge on any atom is 0.316 e. The van der Waals surface area contributed by atoms with Crippen LogP contribution in [0.1, 0.15) is 11.1 Å². The number of carbonyl (C=O) groups excluding carboxylic acids is 2. The number of rotatable bonds is 2. The Morgan fingerprint density at radius 3 is 2.27 bits per heavy atom. The molecule has 5 heteroatoms. The maximum absolute atomic E-state index is 12.2. The molecule has 0 heterocycles. The molecule has 0 aliphatic carbocycles. The van der Waals surface area contributed by atoms with E-state index in [1.165, 1.54) is 24.1 Å². The molecule has 0 saturated carbocycles. The van der Waals surface area contributed by atoms with Crippen LogP contribution >= 0.6 is 0 Å². The number of nitrogens with zero attached hydrogens (tertiary/aromatic N) is 1. The highest BCUT2D eigenvalue weighted by Crippen LogP contribution is 2.19. The molecular formula is C17H18N2O3. The summed E-state index contributed by atoms with van der Waals surface area (Å²) < 4.78 is 0. The Kier molecular flexibility index (Phi) is 4.46. The number of amides is 2. The molecule has 0 saturated heterocycles. The average molecular weight is 298 g/mol. The molecule has 0 fully saturated rings. The highest BCUT2D eigenvalue weighted by Gasteiger charge is 2.20. The largest absolute Gasteiger partial charge is 0.508 e. The van der Waals surface area contributed by atoms with Gasteiger partial charge >= 0.3 is 11.8 Å². The van der Waals surface area contributed by atoms with Crippen LogP contribution in [0.3, 0.4) is 0 Å². The van der Waals surface area contributed by atoms with E-state index in [4.69, 9.17) is 0 Å². The van der Waals surface area contributed by atoms with E-state index in [-0.39, 0.29) is 5.75 Å². The minimum atomic E-state index is -0.706. The molecular weight excluding hydrogens is 280 g/mol. The quantitative estimate of drug-likeness (QED) is 0.837. The van der Waals surface area contributed by atoms with Crippen molar-refractivity contribution in [3.05, 3.63) is 53.6 Å². The first kappa shape index (κ1) is 15.6. The van der Waals surface area contributed by atoms with Gasteiger partial charge < -0.3 is 15.3 Å². The molecule has 0 atom stereocenters. The number of nitrogens with one attached hydrogen (secondary N) is 1. The third-order valence-corrected chi connectivity index (χ3v) is 3.37. The number of phenolic OH excluding ortho intramolecular Hbond substituents is 1. The van der Waals surface area contributed by atoms with Gasteiger partial charge in [0.05, 0.1) is 0 Å². The lowest BCUT2D eigenvalue weighted by atomic mass is 10.1. The fourth-order valence-electron chi connectivity index (χ4n) is 2.08. The Labute approximate surface area is 129 Å². The molecule has 0 bridgehead atoms. The van der Waals surface area contributed by atoms with Crippen molar-refractivity contribution in [2.45, 2.75) is 13.8 Å². The molecule has 0 aliphatic heterocycles. The van der Waals surface area contributed by atoms with E-state index in [1.54, 1.807) is 18.2 Å². The zero-order chi connectivity index (χ0) is 16.3. The van der Waals surface area contributed by atoms with Crippen LogP contribution in [0.4, 0.5) is 11.4 Å². The first-order valence-electron chi connectivity index (χ1n) is 6.84. The van der Waals surface area contributed by atoms with Gasteiger partial charge in [0.15, 0.2) is 0 Å². The van der Waals surface area contributed by atoms with Gasteiger partial charge in [0.25, 0.3) is 0 Å². The number of carbonyl (C=O) groups is 2. The highest BCUT2D eigenvalue weighted by molar-refractivity contribution is 6.44. The molecule has 2 aromatic carbocycles. The molecule has 2 aromatic rings. The molecule has 0 spiro atoms. The maximum atomic E-state index is 12.2. The summed E-state index contributed by atoms with van der Waals surface area (Å²) in [7, 11) is 1.51. The predicted molar refractivity (Wildman–Crippen MR) is 86.1 cm³/mol. The van der Waals surface area contributed by atoms with E-state index >= 15 is 0 Å². The van der Waals surface area contributed by atoms with Crippen LogP contribution in [-0.2, 0) is 9.59 Å². The summed E-state index contributed by atoms with van der Waals surface area (Å²) in [5, 5.41) is 11.9. The van der Waals surface area contributed by atoms with E-state index < -0.39 is 11.8 Å². The van der Waals surface area contributed by atoms with E-state index in [0.717, 1.165) is 11.1 Å². The minimum Gasteiger partial charge on any atom is -0.508 e. The Balaban J connectivity index is 2.11. The predicted octanol–water partition coefficient (Wildman–Crippen LogP) is 2.61. The lowest BCUT2D eigenvalue weighted by molar-refractivity contribution is -0.134. The smallest absolute Gasteiger partial charge is 0.316 e. The van der Waals surface area contributed by atoms with Crippen LogP contribution < -0.4 is 10.2 Å². The van der Waals surface area contributed by atoms with Crippen molar-refractivity contribution in [1.82, 2.24) is 0 Å². The van der Waals surface area contributed by atoms with Crippen LogP contribution in [-0.4, -0.2) is 24.0 Å². The molecule has 2 amide bonds. The molecule has 2 rings (SSSR count). The van der Waals surface area contributed by atoms with Crippen LogP contribution in [0.25, 0.3) is 0 Å². The summed E-state index contributed by atoms with van der Waals surface area (Å²) in [6.45, 7) is 3.83. The van der Waals surface area contributed by atoms with Crippen LogP contribution in [0.2, 0.25) is 0 Å². The van der Waals surface area contributed by atoms with Gasteiger partial charge in [-0.2, -0.15) is 0 Å². The zero-order valence-electron chi connectivity index (χ0n) is 12.8. The van der Waals surface area contributed by atoms with E-state index in [2.05, 4.69) is 5.32 Å². The molecule has 0 unspecified atom stereocenters. The second kappa shape index (κ2) is 6.30. The lowest BCUT2D eigenvalue weighted by Gasteiger charge is -2.17. The number of aromatic hydroxyl groups is 1. The second-order valence-electron chi connectivity index (χ2n) is 5.15. The first-order valence-corrected chi connectivity index (χ1v) is 6.84. The molecule has 5 nitrogen and oxygen atoms in total. The standard InChI is InChI=1S/C17H18N2O3/c1-11-4-9-15(12(2)10-11)18-16(21)17(22)19(3)13-5-7-14(20)8-6-13/h4-10,20H,1-3H3,(H,18,21). The topological polar surface area (TPSA) is 69.6 Å². The van der Waals surface area contributed by atoms with Crippen LogP contribution in [0.15, 0.2) is 42.5 Å². The zero-order valence-corrected chi connectivity index (χ0v) is 12.8. The Morgan fingerprint density at radius 2 is 1.68 bits per heavy atom. The highest BCUT2D eigenvalue weighted by atomic mass is 16.3. The number of phenols is 1. The fourth-order valence-corrected chi connectivity index (χ4v) is 2.08. The van der Waals surface area contributed by atoms with Crippen molar-refractivity contribution >= 4 is 23.2 Å².